The summed E-state index contributed by atoms with van der Waals surface area (Å²) in [5, 5.41) is 0. The Hall–Kier alpha value is -1.87. The molecule has 5 N–H and O–H groups in total. The molecule has 0 saturated carbocycles. The minimum atomic E-state index is -3.76. The fourth-order valence-corrected chi connectivity index (χ4v) is 2.11. The van der Waals surface area contributed by atoms with Gasteiger partial charge in [-0.1, -0.05) is 0 Å². The van der Waals surface area contributed by atoms with Crippen LogP contribution < -0.4 is 16.2 Å². The first-order valence-electron chi connectivity index (χ1n) is 4.55. The van der Waals surface area contributed by atoms with Gasteiger partial charge in [0.25, 0.3) is 0 Å². The molecular weight excluding hydrogens is 248 g/mol. The lowest BCUT2D eigenvalue weighted by molar-refractivity contribution is 0.159. The number of primary amides is 1. The van der Waals surface area contributed by atoms with Gasteiger partial charge in [0, 0.05) is 18.9 Å². The second kappa shape index (κ2) is 5.46. The maximum Gasteiger partial charge on any atom is 0.404 e. The largest absolute Gasteiger partial charge is 0.448 e. The number of nitrogens with zero attached hydrogens (tertiary/aromatic N) is 1. The number of nitrogens with two attached hydrogens (primary N) is 2. The summed E-state index contributed by atoms with van der Waals surface area (Å²) in [4.78, 5) is 13.8. The van der Waals surface area contributed by atoms with Crippen molar-refractivity contribution >= 4 is 21.8 Å². The Morgan fingerprint density at radius 2 is 2.24 bits per heavy atom. The molecule has 0 aromatic carbocycles. The number of ether oxygens (including phenoxy) is 1. The Morgan fingerprint density at radius 3 is 2.82 bits per heavy atom. The maximum absolute atomic E-state index is 11.7. The minimum Gasteiger partial charge on any atom is -0.448 e. The fourth-order valence-electron chi connectivity index (χ4n) is 1.02. The number of amides is 1. The van der Waals surface area contributed by atoms with Crippen LogP contribution in [0.1, 0.15) is 0 Å². The molecule has 94 valence electrons. The third-order valence-corrected chi connectivity index (χ3v) is 3.25. The molecule has 17 heavy (non-hydrogen) atoms. The van der Waals surface area contributed by atoms with Crippen molar-refractivity contribution in [3.05, 3.63) is 18.5 Å². The highest BCUT2D eigenvalue weighted by Gasteiger charge is 2.16. The zero-order valence-corrected chi connectivity index (χ0v) is 9.61. The summed E-state index contributed by atoms with van der Waals surface area (Å²) in [6, 6.07) is 1.37. The van der Waals surface area contributed by atoms with E-state index >= 15 is 0 Å². The molecule has 0 spiro atoms. The number of carbonyl (C=O) groups is 1. The first kappa shape index (κ1) is 13.2. The number of nitrogen functional groups attached to an aromatic ring is 1. The highest BCUT2D eigenvalue weighted by Crippen LogP contribution is 2.14. The van der Waals surface area contributed by atoms with Crippen LogP contribution in [0.4, 0.5) is 10.5 Å². The van der Waals surface area contributed by atoms with E-state index in [0.29, 0.717) is 0 Å². The van der Waals surface area contributed by atoms with Gasteiger partial charge in [0.05, 0.1) is 5.69 Å². The zero-order valence-electron chi connectivity index (χ0n) is 8.79. The molecule has 0 aliphatic carbocycles. The van der Waals surface area contributed by atoms with Crippen molar-refractivity contribution in [3.8, 4) is 0 Å². The van der Waals surface area contributed by atoms with Gasteiger partial charge in [-0.05, 0) is 6.07 Å². The number of rotatable bonds is 5. The molecule has 1 aromatic rings. The second-order valence-corrected chi connectivity index (χ2v) is 4.71. The van der Waals surface area contributed by atoms with Crippen LogP contribution in [0.25, 0.3) is 0 Å². The van der Waals surface area contributed by atoms with Gasteiger partial charge in [-0.15, -0.1) is 0 Å². The number of anilines is 1. The van der Waals surface area contributed by atoms with Crippen molar-refractivity contribution in [3.63, 3.8) is 0 Å². The highest BCUT2D eigenvalue weighted by molar-refractivity contribution is 7.89. The summed E-state index contributed by atoms with van der Waals surface area (Å²) < 4.78 is 29.9. The maximum atomic E-state index is 11.7. The van der Waals surface area contributed by atoms with Gasteiger partial charge >= 0.3 is 6.09 Å². The molecule has 0 saturated heterocycles. The normalized spacial score (nSPS) is 11.1. The van der Waals surface area contributed by atoms with Crippen molar-refractivity contribution in [2.75, 3.05) is 18.9 Å². The van der Waals surface area contributed by atoms with E-state index in [0.717, 1.165) is 6.20 Å². The second-order valence-electron chi connectivity index (χ2n) is 2.98. The van der Waals surface area contributed by atoms with E-state index < -0.39 is 16.1 Å². The van der Waals surface area contributed by atoms with E-state index in [1.54, 1.807) is 0 Å². The van der Waals surface area contributed by atoms with Crippen LogP contribution in [0.15, 0.2) is 23.4 Å². The summed E-state index contributed by atoms with van der Waals surface area (Å²) in [5.74, 6) is 0. The Kier molecular flexibility index (Phi) is 4.24. The lowest BCUT2D eigenvalue weighted by atomic mass is 10.4. The molecule has 0 atom stereocenters. The van der Waals surface area contributed by atoms with E-state index in [4.69, 9.17) is 11.5 Å². The van der Waals surface area contributed by atoms with Crippen molar-refractivity contribution in [1.29, 1.82) is 0 Å². The van der Waals surface area contributed by atoms with Gasteiger partial charge < -0.3 is 16.2 Å². The summed E-state index contributed by atoms with van der Waals surface area (Å²) in [6.07, 6.45) is 1.54. The Bertz CT molecular complexity index is 502. The van der Waals surface area contributed by atoms with Crippen LogP contribution in [0, 0.1) is 0 Å². The number of carbonyl (C=O) groups excluding carboxylic acids is 1. The standard InChI is InChI=1S/C8H12N4O4S/c9-6-1-2-11-5-7(6)17(14,15)12-3-4-16-8(10)13/h1-2,5,12H,3-4H2,(H2,9,11)(H2,10,13). The first-order valence-corrected chi connectivity index (χ1v) is 6.03. The van der Waals surface area contributed by atoms with Crippen LogP contribution in [0.3, 0.4) is 0 Å². The summed E-state index contributed by atoms with van der Waals surface area (Å²) >= 11 is 0. The molecule has 1 heterocycles. The van der Waals surface area contributed by atoms with E-state index in [1.807, 2.05) is 0 Å². The fraction of sp³-hybridized carbons (Fsp3) is 0.250. The van der Waals surface area contributed by atoms with Crippen molar-refractivity contribution in [1.82, 2.24) is 9.71 Å². The zero-order chi connectivity index (χ0) is 12.9. The van der Waals surface area contributed by atoms with Crippen molar-refractivity contribution in [2.24, 2.45) is 5.73 Å². The molecule has 1 amide bonds. The molecular formula is C8H12N4O4S. The molecule has 8 nitrogen and oxygen atoms in total. The highest BCUT2D eigenvalue weighted by atomic mass is 32.2. The van der Waals surface area contributed by atoms with Crippen LogP contribution in [0.2, 0.25) is 0 Å². The lowest BCUT2D eigenvalue weighted by Gasteiger charge is -2.08. The van der Waals surface area contributed by atoms with E-state index in [2.05, 4.69) is 14.4 Å². The third-order valence-electron chi connectivity index (χ3n) is 1.74. The van der Waals surface area contributed by atoms with E-state index in [9.17, 15) is 13.2 Å². The summed E-state index contributed by atoms with van der Waals surface area (Å²) in [7, 11) is -3.76. The number of sulfonamides is 1. The molecule has 0 aliphatic rings. The van der Waals surface area contributed by atoms with Gasteiger partial charge in [0.1, 0.15) is 11.5 Å². The quantitative estimate of drug-likeness (QED) is 0.583. The average molecular weight is 260 g/mol. The minimum absolute atomic E-state index is 0.0864. The van der Waals surface area contributed by atoms with Gasteiger partial charge in [-0.2, -0.15) is 0 Å². The molecule has 1 rings (SSSR count). The van der Waals surface area contributed by atoms with Crippen LogP contribution in [-0.2, 0) is 14.8 Å². The van der Waals surface area contributed by atoms with Crippen LogP contribution in [-0.4, -0.2) is 32.6 Å². The van der Waals surface area contributed by atoms with Crippen LogP contribution in [0.5, 0.6) is 0 Å². The van der Waals surface area contributed by atoms with E-state index in [-0.39, 0.29) is 23.7 Å². The smallest absolute Gasteiger partial charge is 0.404 e. The number of nitrogens with one attached hydrogen (secondary N) is 1. The Labute approximate surface area is 98.0 Å². The van der Waals surface area contributed by atoms with Crippen LogP contribution >= 0.6 is 0 Å². The lowest BCUT2D eigenvalue weighted by Crippen LogP contribution is -2.29. The predicted octanol–water partition coefficient (Wildman–Crippen LogP) is -0.963. The average Bonchev–Trinajstić information content (AvgIpc) is 2.24. The molecule has 0 aliphatic heterocycles. The van der Waals surface area contributed by atoms with E-state index in [1.165, 1.54) is 12.3 Å². The summed E-state index contributed by atoms with van der Waals surface area (Å²) in [6.45, 7) is -0.256. The molecule has 0 unspecified atom stereocenters. The van der Waals surface area contributed by atoms with Crippen molar-refractivity contribution < 1.29 is 17.9 Å². The monoisotopic (exact) mass is 260 g/mol. The van der Waals surface area contributed by atoms with Gasteiger partial charge in [-0.25, -0.2) is 17.9 Å². The summed E-state index contributed by atoms with van der Waals surface area (Å²) in [5.41, 5.74) is 10.3. The SMILES string of the molecule is NC(=O)OCCNS(=O)(=O)c1cnccc1N. The number of aromatic nitrogens is 1. The Morgan fingerprint density at radius 1 is 1.53 bits per heavy atom. The van der Waals surface area contributed by atoms with Gasteiger partial charge in [0.2, 0.25) is 10.0 Å². The number of pyridine rings is 1. The number of hydrogen-bond donors (Lipinski definition) is 3. The van der Waals surface area contributed by atoms with Crippen molar-refractivity contribution in [2.45, 2.75) is 4.90 Å². The molecule has 0 bridgehead atoms. The van der Waals surface area contributed by atoms with Gasteiger partial charge in [-0.3, -0.25) is 4.98 Å². The third kappa shape index (κ3) is 3.89. The topological polar surface area (TPSA) is 137 Å². The molecule has 0 fully saturated rings. The number of hydrogen-bond acceptors (Lipinski definition) is 6. The Balaban J connectivity index is 2.64. The molecule has 1 aromatic heterocycles. The predicted molar refractivity (Wildman–Crippen MR) is 59.4 cm³/mol. The molecule has 9 heteroatoms. The van der Waals surface area contributed by atoms with Gasteiger partial charge in [0.15, 0.2) is 0 Å². The first-order chi connectivity index (χ1) is 7.93. The molecule has 0 radical (unpaired) electrons.